The molecule has 0 N–H and O–H groups in total. The molecule has 1 aromatic rings. The van der Waals surface area contributed by atoms with Crippen LogP contribution in [0.3, 0.4) is 0 Å². The van der Waals surface area contributed by atoms with Crippen LogP contribution in [-0.4, -0.2) is 12.1 Å². The molecule has 2 nitrogen and oxygen atoms in total. The standard InChI is InChI=1S/C10H6F4O2/c1-5(16)8-3-7(11)2-6(4-15)9(8)10(12,13)14/h2-4H,1H3. The smallest absolute Gasteiger partial charge is 0.298 e. The highest BCUT2D eigenvalue weighted by atomic mass is 19.4. The topological polar surface area (TPSA) is 34.1 Å². The number of ketones is 1. The molecular weight excluding hydrogens is 228 g/mol. The number of carbonyl (C=O) groups excluding carboxylic acids is 2. The van der Waals surface area contributed by atoms with Gasteiger partial charge in [0.05, 0.1) is 5.56 Å². The van der Waals surface area contributed by atoms with E-state index in [1.54, 1.807) is 0 Å². The number of halogens is 4. The van der Waals surface area contributed by atoms with Crippen molar-refractivity contribution in [1.82, 2.24) is 0 Å². The molecule has 0 aromatic heterocycles. The van der Waals surface area contributed by atoms with Gasteiger partial charge in [-0.25, -0.2) is 4.39 Å². The van der Waals surface area contributed by atoms with Crippen LogP contribution in [0.1, 0.15) is 33.2 Å². The molecule has 0 aliphatic carbocycles. The van der Waals surface area contributed by atoms with E-state index in [1.165, 1.54) is 0 Å². The van der Waals surface area contributed by atoms with Crippen molar-refractivity contribution >= 4 is 12.1 Å². The van der Waals surface area contributed by atoms with Crippen molar-refractivity contribution in [2.24, 2.45) is 0 Å². The number of rotatable bonds is 2. The fourth-order valence-electron chi connectivity index (χ4n) is 1.31. The van der Waals surface area contributed by atoms with Gasteiger partial charge < -0.3 is 0 Å². The highest BCUT2D eigenvalue weighted by molar-refractivity contribution is 5.98. The molecule has 1 rings (SSSR count). The molecule has 0 unspecified atom stereocenters. The second-order valence-corrected chi connectivity index (χ2v) is 3.09. The molecule has 16 heavy (non-hydrogen) atoms. The third-order valence-corrected chi connectivity index (χ3v) is 1.92. The van der Waals surface area contributed by atoms with Gasteiger partial charge in [0.25, 0.3) is 0 Å². The Morgan fingerprint density at radius 2 is 1.88 bits per heavy atom. The van der Waals surface area contributed by atoms with E-state index >= 15 is 0 Å². The number of benzene rings is 1. The Kier molecular flexibility index (Phi) is 3.11. The third kappa shape index (κ3) is 2.26. The Balaban J connectivity index is 3.65. The second-order valence-electron chi connectivity index (χ2n) is 3.09. The summed E-state index contributed by atoms with van der Waals surface area (Å²) in [7, 11) is 0. The van der Waals surface area contributed by atoms with E-state index < -0.39 is 34.5 Å². The lowest BCUT2D eigenvalue weighted by molar-refractivity contribution is -0.138. The predicted octanol–water partition coefficient (Wildman–Crippen LogP) is 2.86. The maximum absolute atomic E-state index is 12.9. The monoisotopic (exact) mass is 234 g/mol. The Bertz CT molecular complexity index is 449. The molecule has 6 heteroatoms. The van der Waals surface area contributed by atoms with E-state index in [2.05, 4.69) is 0 Å². The van der Waals surface area contributed by atoms with Crippen molar-refractivity contribution in [2.45, 2.75) is 13.1 Å². The minimum atomic E-state index is -4.87. The van der Waals surface area contributed by atoms with Crippen molar-refractivity contribution in [1.29, 1.82) is 0 Å². The number of Topliss-reactive ketones (excluding diaryl/α,β-unsaturated/α-hetero) is 1. The van der Waals surface area contributed by atoms with Gasteiger partial charge in [-0.05, 0) is 19.1 Å². The minimum Gasteiger partial charge on any atom is -0.298 e. The van der Waals surface area contributed by atoms with Crippen LogP contribution >= 0.6 is 0 Å². The van der Waals surface area contributed by atoms with E-state index in [0.717, 1.165) is 6.92 Å². The van der Waals surface area contributed by atoms with Gasteiger partial charge in [-0.1, -0.05) is 0 Å². The first kappa shape index (κ1) is 12.4. The molecule has 0 bridgehead atoms. The summed E-state index contributed by atoms with van der Waals surface area (Å²) in [6.07, 6.45) is -5.00. The number of hydrogen-bond donors (Lipinski definition) is 0. The van der Waals surface area contributed by atoms with Crippen LogP contribution in [0.2, 0.25) is 0 Å². The lowest BCUT2D eigenvalue weighted by Gasteiger charge is -2.13. The van der Waals surface area contributed by atoms with Gasteiger partial charge in [-0.3, -0.25) is 9.59 Å². The molecule has 0 amide bonds. The van der Waals surface area contributed by atoms with Crippen molar-refractivity contribution in [3.63, 3.8) is 0 Å². The van der Waals surface area contributed by atoms with Gasteiger partial charge in [0.2, 0.25) is 0 Å². The van der Waals surface area contributed by atoms with Crippen LogP contribution in [0.15, 0.2) is 12.1 Å². The van der Waals surface area contributed by atoms with Crippen molar-refractivity contribution in [3.05, 3.63) is 34.6 Å². The summed E-state index contributed by atoms with van der Waals surface area (Å²) in [6, 6.07) is 0.917. The van der Waals surface area contributed by atoms with Gasteiger partial charge in [0.1, 0.15) is 5.82 Å². The third-order valence-electron chi connectivity index (χ3n) is 1.92. The predicted molar refractivity (Wildman–Crippen MR) is 46.8 cm³/mol. The van der Waals surface area contributed by atoms with Crippen molar-refractivity contribution in [2.75, 3.05) is 0 Å². The number of carbonyl (C=O) groups is 2. The van der Waals surface area contributed by atoms with E-state index in [0.29, 0.717) is 12.1 Å². The maximum atomic E-state index is 12.9. The summed E-state index contributed by atoms with van der Waals surface area (Å²) in [4.78, 5) is 21.4. The summed E-state index contributed by atoms with van der Waals surface area (Å²) < 4.78 is 50.5. The van der Waals surface area contributed by atoms with Crippen LogP contribution in [-0.2, 0) is 6.18 Å². The van der Waals surface area contributed by atoms with Crippen LogP contribution in [0.25, 0.3) is 0 Å². The molecule has 0 aliphatic rings. The lowest BCUT2D eigenvalue weighted by atomic mass is 9.98. The zero-order valence-electron chi connectivity index (χ0n) is 8.06. The summed E-state index contributed by atoms with van der Waals surface area (Å²) in [5, 5.41) is 0. The fraction of sp³-hybridized carbons (Fsp3) is 0.200. The Hall–Kier alpha value is -1.72. The average Bonchev–Trinajstić information content (AvgIpc) is 2.14. The minimum absolute atomic E-state index is 0.127. The van der Waals surface area contributed by atoms with E-state index in [-0.39, 0.29) is 6.29 Å². The first-order valence-corrected chi connectivity index (χ1v) is 4.14. The Morgan fingerprint density at radius 3 is 2.25 bits per heavy atom. The quantitative estimate of drug-likeness (QED) is 0.448. The van der Waals surface area contributed by atoms with Crippen LogP contribution < -0.4 is 0 Å². The van der Waals surface area contributed by atoms with Gasteiger partial charge in [-0.2, -0.15) is 13.2 Å². The highest BCUT2D eigenvalue weighted by Gasteiger charge is 2.37. The molecule has 86 valence electrons. The summed E-state index contributed by atoms with van der Waals surface area (Å²) in [6.45, 7) is 0.874. The lowest BCUT2D eigenvalue weighted by Crippen LogP contribution is -2.15. The molecule has 0 heterocycles. The van der Waals surface area contributed by atoms with E-state index in [9.17, 15) is 27.2 Å². The molecule has 0 aliphatic heterocycles. The van der Waals surface area contributed by atoms with Gasteiger partial charge in [0.15, 0.2) is 12.1 Å². The van der Waals surface area contributed by atoms with Crippen LogP contribution in [0, 0.1) is 5.82 Å². The fourth-order valence-corrected chi connectivity index (χ4v) is 1.31. The zero-order chi connectivity index (χ0) is 12.5. The van der Waals surface area contributed by atoms with Crippen molar-refractivity contribution < 1.29 is 27.2 Å². The van der Waals surface area contributed by atoms with Gasteiger partial charge in [0, 0.05) is 11.1 Å². The average molecular weight is 234 g/mol. The van der Waals surface area contributed by atoms with Gasteiger partial charge in [-0.15, -0.1) is 0 Å². The Labute approximate surface area is 87.9 Å². The largest absolute Gasteiger partial charge is 0.417 e. The number of alkyl halides is 3. The summed E-state index contributed by atoms with van der Waals surface area (Å²) in [5.74, 6) is -2.00. The number of hydrogen-bond acceptors (Lipinski definition) is 2. The zero-order valence-corrected chi connectivity index (χ0v) is 8.06. The Morgan fingerprint density at radius 1 is 1.31 bits per heavy atom. The number of aldehydes is 1. The van der Waals surface area contributed by atoms with Crippen molar-refractivity contribution in [3.8, 4) is 0 Å². The highest BCUT2D eigenvalue weighted by Crippen LogP contribution is 2.35. The first-order chi connectivity index (χ1) is 7.27. The van der Waals surface area contributed by atoms with E-state index in [1.807, 2.05) is 0 Å². The molecule has 0 saturated carbocycles. The summed E-state index contributed by atoms with van der Waals surface area (Å²) in [5.41, 5.74) is -3.11. The molecule has 1 aromatic carbocycles. The molecule has 0 fully saturated rings. The first-order valence-electron chi connectivity index (χ1n) is 4.14. The van der Waals surface area contributed by atoms with Gasteiger partial charge >= 0.3 is 6.18 Å². The maximum Gasteiger partial charge on any atom is 0.417 e. The SMILES string of the molecule is CC(=O)c1cc(F)cc(C=O)c1C(F)(F)F. The van der Waals surface area contributed by atoms with E-state index in [4.69, 9.17) is 0 Å². The molecular formula is C10H6F4O2. The molecule has 0 spiro atoms. The summed E-state index contributed by atoms with van der Waals surface area (Å²) >= 11 is 0. The second kappa shape index (κ2) is 4.03. The van der Waals surface area contributed by atoms with Crippen LogP contribution in [0.5, 0.6) is 0 Å². The molecule has 0 saturated heterocycles. The molecule has 0 atom stereocenters. The van der Waals surface area contributed by atoms with Crippen LogP contribution in [0.4, 0.5) is 17.6 Å². The molecule has 0 radical (unpaired) electrons. The normalized spacial score (nSPS) is 11.3.